The maximum Gasteiger partial charge on any atom is 0.416 e. The van der Waals surface area contributed by atoms with E-state index in [-0.39, 0.29) is 6.42 Å². The molecule has 0 rings (SSSR count). The minimum atomic E-state index is -4.88. The van der Waals surface area contributed by atoms with Gasteiger partial charge in [0, 0.05) is 21.2 Å². The number of rotatable bonds is 7. The van der Waals surface area contributed by atoms with E-state index in [1.165, 1.54) is 0 Å². The third-order valence-corrected chi connectivity index (χ3v) is 4.36. The lowest BCUT2D eigenvalue weighted by molar-refractivity contribution is -0.253. The summed E-state index contributed by atoms with van der Waals surface area (Å²) in [4.78, 5) is 10.4. The molecule has 0 aromatic carbocycles. The van der Waals surface area contributed by atoms with Gasteiger partial charge >= 0.3 is 12.1 Å². The van der Waals surface area contributed by atoms with Gasteiger partial charge in [0.2, 0.25) is 0 Å². The first kappa shape index (κ1) is 18.1. The van der Waals surface area contributed by atoms with Crippen molar-refractivity contribution >= 4 is 15.7 Å². The first-order valence-electron chi connectivity index (χ1n) is 5.30. The minimum Gasteiger partial charge on any atom is -0.480 e. The normalized spacial score (nSPS) is 20.3. The van der Waals surface area contributed by atoms with Gasteiger partial charge in [-0.25, -0.2) is 4.21 Å². The van der Waals surface area contributed by atoms with E-state index in [0.29, 0.717) is 6.92 Å². The molecule has 0 aliphatic rings. The number of aliphatic carboxylic acids is 1. The number of alkyl halides is 3. The van der Waals surface area contributed by atoms with Crippen LogP contribution in [-0.4, -0.2) is 49.7 Å². The smallest absolute Gasteiger partial charge is 0.416 e. The van der Waals surface area contributed by atoms with Crippen molar-refractivity contribution in [1.29, 1.82) is 4.78 Å². The van der Waals surface area contributed by atoms with Gasteiger partial charge in [0.1, 0.15) is 6.04 Å². The molecule has 10 heteroatoms. The number of nitrogens with one attached hydrogen (secondary N) is 1. The van der Waals surface area contributed by atoms with E-state index in [2.05, 4.69) is 0 Å². The molecule has 0 aromatic rings. The summed E-state index contributed by atoms with van der Waals surface area (Å²) in [5.74, 6) is -2.43. The van der Waals surface area contributed by atoms with Crippen molar-refractivity contribution in [3.05, 3.63) is 0 Å². The highest BCUT2D eigenvalue weighted by atomic mass is 32.2. The van der Waals surface area contributed by atoms with E-state index >= 15 is 0 Å². The molecule has 5 N–H and O–H groups in total. The fourth-order valence-electron chi connectivity index (χ4n) is 1.05. The molecule has 0 radical (unpaired) electrons. The molecule has 0 amide bonds. The van der Waals surface area contributed by atoms with E-state index in [1.807, 2.05) is 0 Å². The molecule has 0 unspecified atom stereocenters. The van der Waals surface area contributed by atoms with Crippen LogP contribution in [0.4, 0.5) is 13.2 Å². The Labute approximate surface area is 108 Å². The number of carboxylic acids is 1. The third kappa shape index (κ3) is 6.21. The van der Waals surface area contributed by atoms with Gasteiger partial charge in [-0.3, -0.25) is 9.57 Å². The van der Waals surface area contributed by atoms with Crippen LogP contribution in [0.15, 0.2) is 0 Å². The second-order valence-electron chi connectivity index (χ2n) is 4.48. The van der Waals surface area contributed by atoms with Gasteiger partial charge in [-0.15, -0.1) is 0 Å². The summed E-state index contributed by atoms with van der Waals surface area (Å²) in [5, 5.41) is 17.6. The van der Waals surface area contributed by atoms with Crippen LogP contribution in [-0.2, 0) is 14.5 Å². The number of hydrogen-bond donors (Lipinski definition) is 4. The highest BCUT2D eigenvalue weighted by molar-refractivity contribution is 7.92. The van der Waals surface area contributed by atoms with Crippen molar-refractivity contribution in [3.8, 4) is 0 Å². The molecule has 0 aromatic heterocycles. The van der Waals surface area contributed by atoms with E-state index in [0.717, 1.165) is 0 Å². The quantitative estimate of drug-likeness (QED) is 0.546. The molecule has 0 heterocycles. The van der Waals surface area contributed by atoms with E-state index in [9.17, 15) is 22.2 Å². The molecule has 114 valence electrons. The SMILES string of the molecule is C[C@](O)(CC[S@@](=N)(=O)CC[C@H](N)C(=O)O)C(F)(F)F. The first-order valence-corrected chi connectivity index (χ1v) is 7.20. The Bertz CT molecular complexity index is 420. The highest BCUT2D eigenvalue weighted by Crippen LogP contribution is 2.32. The molecule has 19 heavy (non-hydrogen) atoms. The Morgan fingerprint density at radius 1 is 1.42 bits per heavy atom. The standard InChI is InChI=1S/C9H17F3N2O4S/c1-8(17,9(10,11)12)3-5-19(14,18)4-2-6(13)7(15)16/h6,14,17H,2-5,13H2,1H3,(H,15,16)/t6-,8-,19-/m0/s1. The third-order valence-electron chi connectivity index (χ3n) is 2.61. The van der Waals surface area contributed by atoms with Crippen molar-refractivity contribution in [3.63, 3.8) is 0 Å². The van der Waals surface area contributed by atoms with Gasteiger partial charge in [-0.2, -0.15) is 13.2 Å². The molecule has 3 atom stereocenters. The van der Waals surface area contributed by atoms with Crippen LogP contribution in [0, 0.1) is 4.78 Å². The summed E-state index contributed by atoms with van der Waals surface area (Å²) in [6.45, 7) is 0.533. The summed E-state index contributed by atoms with van der Waals surface area (Å²) in [5.41, 5.74) is 2.11. The van der Waals surface area contributed by atoms with E-state index in [4.69, 9.17) is 20.7 Å². The lowest BCUT2D eigenvalue weighted by Gasteiger charge is -2.26. The zero-order valence-electron chi connectivity index (χ0n) is 10.2. The topological polar surface area (TPSA) is 124 Å². The number of nitrogens with two attached hydrogens (primary N) is 1. The number of carboxylic acid groups (broad SMARTS) is 1. The molecular weight excluding hydrogens is 289 g/mol. The molecule has 0 fully saturated rings. The summed E-state index contributed by atoms with van der Waals surface area (Å²) in [7, 11) is -3.41. The molecule has 0 bridgehead atoms. The Balaban J connectivity index is 4.45. The predicted octanol–water partition coefficient (Wildman–Crippen LogP) is 0.539. The molecule has 0 aliphatic heterocycles. The molecule has 6 nitrogen and oxygen atoms in total. The van der Waals surface area contributed by atoms with Crippen LogP contribution in [0.1, 0.15) is 19.8 Å². The molecular formula is C9H17F3N2O4S. The summed E-state index contributed by atoms with van der Waals surface area (Å²) >= 11 is 0. The van der Waals surface area contributed by atoms with Crippen LogP contribution in [0.3, 0.4) is 0 Å². The van der Waals surface area contributed by atoms with Crippen molar-refractivity contribution in [2.45, 2.75) is 37.6 Å². The Kier molecular flexibility index (Phi) is 5.78. The number of carbonyl (C=O) groups is 1. The second-order valence-corrected chi connectivity index (χ2v) is 6.92. The number of halogens is 3. The maximum atomic E-state index is 12.3. The maximum absolute atomic E-state index is 12.3. The van der Waals surface area contributed by atoms with Gasteiger partial charge in [-0.05, 0) is 19.8 Å². The van der Waals surface area contributed by atoms with Gasteiger partial charge in [-0.1, -0.05) is 0 Å². The molecule has 0 spiro atoms. The fourth-order valence-corrected chi connectivity index (χ4v) is 2.61. The average molecular weight is 306 g/mol. The van der Waals surface area contributed by atoms with Crippen molar-refractivity contribution < 1.29 is 32.4 Å². The summed E-state index contributed by atoms with van der Waals surface area (Å²) in [6.07, 6.45) is -6.03. The van der Waals surface area contributed by atoms with Crippen molar-refractivity contribution in [2.24, 2.45) is 5.73 Å². The van der Waals surface area contributed by atoms with Gasteiger partial charge in [0.05, 0.1) is 0 Å². The van der Waals surface area contributed by atoms with E-state index in [1.54, 1.807) is 0 Å². The van der Waals surface area contributed by atoms with Crippen molar-refractivity contribution in [2.75, 3.05) is 11.5 Å². The lowest BCUT2D eigenvalue weighted by atomic mass is 10.0. The van der Waals surface area contributed by atoms with E-state index < -0.39 is 51.4 Å². The molecule has 0 saturated heterocycles. The highest BCUT2D eigenvalue weighted by Gasteiger charge is 2.49. The zero-order chi connectivity index (χ0) is 15.5. The molecule has 0 aliphatic carbocycles. The predicted molar refractivity (Wildman–Crippen MR) is 62.1 cm³/mol. The first-order chi connectivity index (χ1) is 8.28. The van der Waals surface area contributed by atoms with Crippen LogP contribution < -0.4 is 5.73 Å². The van der Waals surface area contributed by atoms with Crippen LogP contribution in [0.2, 0.25) is 0 Å². The minimum absolute atomic E-state index is 0.272. The Morgan fingerprint density at radius 2 is 1.89 bits per heavy atom. The number of hydrogen-bond acceptors (Lipinski definition) is 5. The lowest BCUT2D eigenvalue weighted by Crippen LogP contribution is -2.43. The Morgan fingerprint density at radius 3 is 2.26 bits per heavy atom. The Hall–Kier alpha value is -0.870. The monoisotopic (exact) mass is 306 g/mol. The largest absolute Gasteiger partial charge is 0.480 e. The summed E-state index contributed by atoms with van der Waals surface area (Å²) in [6, 6.07) is -1.31. The van der Waals surface area contributed by atoms with Crippen LogP contribution >= 0.6 is 0 Å². The van der Waals surface area contributed by atoms with Crippen LogP contribution in [0.5, 0.6) is 0 Å². The van der Waals surface area contributed by atoms with Crippen LogP contribution in [0.25, 0.3) is 0 Å². The molecule has 0 saturated carbocycles. The average Bonchev–Trinajstić information content (AvgIpc) is 2.22. The van der Waals surface area contributed by atoms with Gasteiger partial charge < -0.3 is 15.9 Å². The number of aliphatic hydroxyl groups is 1. The van der Waals surface area contributed by atoms with Gasteiger partial charge in [0.15, 0.2) is 5.60 Å². The van der Waals surface area contributed by atoms with Crippen molar-refractivity contribution in [1.82, 2.24) is 0 Å². The second kappa shape index (κ2) is 6.06. The fraction of sp³-hybridized carbons (Fsp3) is 0.889. The summed E-state index contributed by atoms with van der Waals surface area (Å²) < 4.78 is 56.0. The van der Waals surface area contributed by atoms with Gasteiger partial charge in [0.25, 0.3) is 0 Å². The zero-order valence-corrected chi connectivity index (χ0v) is 11.1.